The van der Waals surface area contributed by atoms with E-state index in [-0.39, 0.29) is 18.7 Å². The number of aliphatic carboxylic acids is 1. The lowest BCUT2D eigenvalue weighted by Crippen LogP contribution is -2.66. The first kappa shape index (κ1) is 19.2. The number of benzene rings is 1. The molecule has 2 atom stereocenters. The van der Waals surface area contributed by atoms with Crippen LogP contribution in [0.1, 0.15) is 25.8 Å². The van der Waals surface area contributed by atoms with E-state index < -0.39 is 40.5 Å². The second-order valence-electron chi connectivity index (χ2n) is 6.36. The largest absolute Gasteiger partial charge is 0.509 e. The lowest BCUT2D eigenvalue weighted by atomic mass is 9.76. The average Bonchev–Trinajstić information content (AvgIpc) is 2.51. The summed E-state index contributed by atoms with van der Waals surface area (Å²) in [5.41, 5.74) is -0.817. The van der Waals surface area contributed by atoms with Gasteiger partial charge in [-0.2, -0.15) is 0 Å². The molecule has 1 aromatic rings. The topological polar surface area (TPSA) is 145 Å². The number of amides is 1. The SMILES string of the molecule is CC(C)(OC(=O)OCc1ccc([N+](=O)[O-])cc1)C1C(=O)NC1CC(=O)O. The first-order valence-electron chi connectivity index (χ1n) is 7.71. The lowest BCUT2D eigenvalue weighted by Gasteiger charge is -2.44. The van der Waals surface area contributed by atoms with Crippen LogP contribution in [0, 0.1) is 16.0 Å². The first-order chi connectivity index (χ1) is 12.1. The third kappa shape index (κ3) is 4.47. The summed E-state index contributed by atoms with van der Waals surface area (Å²) in [6, 6.07) is 4.82. The molecule has 1 amide bonds. The smallest absolute Gasteiger partial charge is 0.481 e. The standard InChI is InChI=1S/C16H18N2O8/c1-16(2,13-11(7-12(19)20)17-14(13)21)26-15(22)25-8-9-3-5-10(6-4-9)18(23)24/h3-6,11,13H,7-8H2,1-2H3,(H,17,21)(H,19,20). The number of hydrogen-bond donors (Lipinski definition) is 2. The van der Waals surface area contributed by atoms with Gasteiger partial charge in [-0.1, -0.05) is 0 Å². The summed E-state index contributed by atoms with van der Waals surface area (Å²) in [7, 11) is 0. The zero-order valence-corrected chi connectivity index (χ0v) is 14.1. The van der Waals surface area contributed by atoms with Crippen molar-refractivity contribution in [3.63, 3.8) is 0 Å². The molecule has 1 saturated heterocycles. The molecular weight excluding hydrogens is 348 g/mol. The van der Waals surface area contributed by atoms with Crippen LogP contribution in [0.5, 0.6) is 0 Å². The van der Waals surface area contributed by atoms with Crippen LogP contribution in [0.25, 0.3) is 0 Å². The summed E-state index contributed by atoms with van der Waals surface area (Å²) in [6.07, 6.45) is -1.30. The molecule has 1 aliphatic rings. The summed E-state index contributed by atoms with van der Waals surface area (Å²) >= 11 is 0. The second kappa shape index (κ2) is 7.38. The van der Waals surface area contributed by atoms with Crippen LogP contribution in [0.2, 0.25) is 0 Å². The molecule has 10 nitrogen and oxygen atoms in total. The van der Waals surface area contributed by atoms with Gasteiger partial charge in [-0.05, 0) is 31.5 Å². The Kier molecular flexibility index (Phi) is 5.44. The number of nitrogens with zero attached hydrogens (tertiary/aromatic N) is 1. The maximum absolute atomic E-state index is 11.9. The third-order valence-corrected chi connectivity index (χ3v) is 4.01. The van der Waals surface area contributed by atoms with Gasteiger partial charge in [0.25, 0.3) is 5.69 Å². The van der Waals surface area contributed by atoms with Crippen molar-refractivity contribution in [1.82, 2.24) is 5.32 Å². The van der Waals surface area contributed by atoms with E-state index in [1.54, 1.807) is 0 Å². The fraction of sp³-hybridized carbons (Fsp3) is 0.438. The van der Waals surface area contributed by atoms with Crippen LogP contribution in [-0.2, 0) is 25.7 Å². The molecule has 2 unspecified atom stereocenters. The molecular formula is C16H18N2O8. The molecule has 0 aliphatic carbocycles. The fourth-order valence-corrected chi connectivity index (χ4v) is 2.76. The van der Waals surface area contributed by atoms with Crippen LogP contribution >= 0.6 is 0 Å². The Labute approximate surface area is 148 Å². The number of rotatable bonds is 7. The molecule has 26 heavy (non-hydrogen) atoms. The summed E-state index contributed by atoms with van der Waals surface area (Å²) in [6.45, 7) is 2.83. The zero-order chi connectivity index (χ0) is 19.5. The highest BCUT2D eigenvalue weighted by Crippen LogP contribution is 2.32. The van der Waals surface area contributed by atoms with Gasteiger partial charge in [0, 0.05) is 12.1 Å². The van der Waals surface area contributed by atoms with Gasteiger partial charge in [0.15, 0.2) is 0 Å². The van der Waals surface area contributed by atoms with Crippen molar-refractivity contribution in [2.45, 2.75) is 38.5 Å². The summed E-state index contributed by atoms with van der Waals surface area (Å²) in [5.74, 6) is -2.27. The Balaban J connectivity index is 1.90. The summed E-state index contributed by atoms with van der Waals surface area (Å²) in [5, 5.41) is 21.9. The predicted molar refractivity (Wildman–Crippen MR) is 86.1 cm³/mol. The van der Waals surface area contributed by atoms with E-state index in [9.17, 15) is 24.5 Å². The Hall–Kier alpha value is -3.17. The van der Waals surface area contributed by atoms with Crippen LogP contribution < -0.4 is 5.32 Å². The van der Waals surface area contributed by atoms with Gasteiger partial charge in [0.05, 0.1) is 23.3 Å². The van der Waals surface area contributed by atoms with Gasteiger partial charge in [0.2, 0.25) is 5.91 Å². The molecule has 1 aromatic carbocycles. The number of ether oxygens (including phenoxy) is 2. The Bertz CT molecular complexity index is 728. The van der Waals surface area contributed by atoms with Crippen molar-refractivity contribution in [1.29, 1.82) is 0 Å². The van der Waals surface area contributed by atoms with Gasteiger partial charge in [-0.3, -0.25) is 19.7 Å². The molecule has 2 N–H and O–H groups in total. The number of carboxylic acids is 1. The second-order valence-corrected chi connectivity index (χ2v) is 6.36. The first-order valence-corrected chi connectivity index (χ1v) is 7.71. The highest BCUT2D eigenvalue weighted by Gasteiger charge is 2.52. The number of carbonyl (C=O) groups is 3. The third-order valence-electron chi connectivity index (χ3n) is 4.01. The Morgan fingerprint density at radius 1 is 1.31 bits per heavy atom. The average molecular weight is 366 g/mol. The molecule has 0 saturated carbocycles. The molecule has 2 rings (SSSR count). The molecule has 0 spiro atoms. The minimum Gasteiger partial charge on any atom is -0.481 e. The predicted octanol–water partition coefficient (Wildman–Crippen LogP) is 1.62. The molecule has 1 aliphatic heterocycles. The van der Waals surface area contributed by atoms with Crippen LogP contribution in [0.4, 0.5) is 10.5 Å². The monoisotopic (exact) mass is 366 g/mol. The van der Waals surface area contributed by atoms with E-state index in [0.717, 1.165) is 0 Å². The van der Waals surface area contributed by atoms with Gasteiger partial charge in [-0.15, -0.1) is 0 Å². The molecule has 10 heteroatoms. The normalized spacial score (nSPS) is 19.1. The maximum Gasteiger partial charge on any atom is 0.509 e. The number of hydrogen-bond acceptors (Lipinski definition) is 7. The summed E-state index contributed by atoms with van der Waals surface area (Å²) < 4.78 is 10.1. The quantitative estimate of drug-likeness (QED) is 0.320. The number of β-lactam (4-membered cyclic amide) rings is 1. The lowest BCUT2D eigenvalue weighted by molar-refractivity contribution is -0.384. The minimum absolute atomic E-state index is 0.0853. The van der Waals surface area contributed by atoms with E-state index in [4.69, 9.17) is 14.6 Å². The number of carboxylic acid groups (broad SMARTS) is 1. The molecule has 140 valence electrons. The van der Waals surface area contributed by atoms with Crippen molar-refractivity contribution in [3.8, 4) is 0 Å². The highest BCUT2D eigenvalue weighted by atomic mass is 16.7. The van der Waals surface area contributed by atoms with Gasteiger partial charge < -0.3 is 19.9 Å². The highest BCUT2D eigenvalue weighted by molar-refractivity contribution is 5.89. The van der Waals surface area contributed by atoms with Crippen LogP contribution in [0.3, 0.4) is 0 Å². The van der Waals surface area contributed by atoms with E-state index in [1.165, 1.54) is 38.1 Å². The van der Waals surface area contributed by atoms with Gasteiger partial charge >= 0.3 is 12.1 Å². The van der Waals surface area contributed by atoms with Crippen LogP contribution in [-0.4, -0.2) is 39.7 Å². The van der Waals surface area contributed by atoms with Crippen molar-refractivity contribution >= 4 is 23.7 Å². The van der Waals surface area contributed by atoms with E-state index in [1.807, 2.05) is 0 Å². The molecule has 0 bridgehead atoms. The number of nitro groups is 1. The Morgan fingerprint density at radius 2 is 1.92 bits per heavy atom. The van der Waals surface area contributed by atoms with Crippen LogP contribution in [0.15, 0.2) is 24.3 Å². The number of carbonyl (C=O) groups excluding carboxylic acids is 2. The zero-order valence-electron chi connectivity index (χ0n) is 14.1. The fourth-order valence-electron chi connectivity index (χ4n) is 2.76. The number of non-ortho nitro benzene ring substituents is 1. The molecule has 1 fully saturated rings. The van der Waals surface area contributed by atoms with Crippen molar-refractivity contribution < 1.29 is 33.9 Å². The number of nitrogens with one attached hydrogen (secondary N) is 1. The summed E-state index contributed by atoms with van der Waals surface area (Å²) in [4.78, 5) is 44.5. The number of nitro benzene ring substituents is 1. The molecule has 0 aromatic heterocycles. The van der Waals surface area contributed by atoms with E-state index in [2.05, 4.69) is 5.32 Å². The van der Waals surface area contributed by atoms with Crippen molar-refractivity contribution in [2.75, 3.05) is 0 Å². The van der Waals surface area contributed by atoms with Crippen molar-refractivity contribution in [2.24, 2.45) is 5.92 Å². The van der Waals surface area contributed by atoms with E-state index in [0.29, 0.717) is 5.56 Å². The van der Waals surface area contributed by atoms with Gasteiger partial charge in [-0.25, -0.2) is 4.79 Å². The van der Waals surface area contributed by atoms with Crippen molar-refractivity contribution in [3.05, 3.63) is 39.9 Å². The molecule has 0 radical (unpaired) electrons. The maximum atomic E-state index is 11.9. The Morgan fingerprint density at radius 3 is 2.42 bits per heavy atom. The van der Waals surface area contributed by atoms with E-state index >= 15 is 0 Å². The van der Waals surface area contributed by atoms with Gasteiger partial charge in [0.1, 0.15) is 12.2 Å². The molecule has 1 heterocycles. The minimum atomic E-state index is -1.25.